The number of rotatable bonds is 2. The van der Waals surface area contributed by atoms with Gasteiger partial charge in [-0.2, -0.15) is 0 Å². The van der Waals surface area contributed by atoms with E-state index in [9.17, 15) is 4.39 Å². The van der Waals surface area contributed by atoms with E-state index >= 15 is 0 Å². The normalized spacial score (nSPS) is 25.1. The first kappa shape index (κ1) is 12.9. The first-order valence-corrected chi connectivity index (χ1v) is 6.85. The maximum absolute atomic E-state index is 13.5. The maximum Gasteiger partial charge on any atom is 0.128 e. The molecule has 0 spiro atoms. The molecule has 0 radical (unpaired) electrons. The molecule has 102 valence electrons. The van der Waals surface area contributed by atoms with Crippen LogP contribution in [0.3, 0.4) is 0 Å². The van der Waals surface area contributed by atoms with Crippen molar-refractivity contribution >= 4 is 22.6 Å². The molecule has 5 heteroatoms. The van der Waals surface area contributed by atoms with Crippen molar-refractivity contribution in [2.24, 2.45) is 0 Å². The molecule has 2 aromatic rings. The second kappa shape index (κ2) is 4.46. The highest BCUT2D eigenvalue weighted by Crippen LogP contribution is 2.35. The molecule has 3 nitrogen and oxygen atoms in total. The van der Waals surface area contributed by atoms with Crippen LogP contribution in [0.2, 0.25) is 0 Å². The number of hydrogen-bond acceptors (Lipinski definition) is 2. The molecule has 2 unspecified atom stereocenters. The molecular formula is C14H16ClFN2O. The van der Waals surface area contributed by atoms with Crippen molar-refractivity contribution in [1.82, 2.24) is 9.55 Å². The first-order chi connectivity index (χ1) is 9.01. The standard InChI is InChI=1S/C14H16ClFN2O/c1-9(15)13-17-11-4-3-10(16)7-12(11)18(13)14(2)5-6-19-8-14/h3-4,7,9H,5-6,8H2,1-2H3. The summed E-state index contributed by atoms with van der Waals surface area (Å²) in [4.78, 5) is 4.55. The van der Waals surface area contributed by atoms with Gasteiger partial charge in [-0.1, -0.05) is 0 Å². The number of alkyl halides is 1. The highest BCUT2D eigenvalue weighted by Gasteiger charge is 2.35. The Morgan fingerprint density at radius 2 is 2.32 bits per heavy atom. The van der Waals surface area contributed by atoms with Gasteiger partial charge in [0, 0.05) is 6.61 Å². The van der Waals surface area contributed by atoms with Crippen molar-refractivity contribution in [3.63, 3.8) is 0 Å². The molecule has 2 atom stereocenters. The molecule has 3 rings (SSSR count). The second-order valence-corrected chi connectivity index (χ2v) is 6.01. The van der Waals surface area contributed by atoms with E-state index in [0.717, 1.165) is 23.3 Å². The van der Waals surface area contributed by atoms with E-state index in [1.807, 2.05) is 6.92 Å². The third-order valence-electron chi connectivity index (χ3n) is 3.74. The summed E-state index contributed by atoms with van der Waals surface area (Å²) in [7, 11) is 0. The molecule has 0 saturated carbocycles. The summed E-state index contributed by atoms with van der Waals surface area (Å²) in [5.41, 5.74) is 1.36. The van der Waals surface area contributed by atoms with Crippen LogP contribution in [0.1, 0.15) is 31.5 Å². The summed E-state index contributed by atoms with van der Waals surface area (Å²) in [5.74, 6) is 0.514. The molecule has 1 saturated heterocycles. The lowest BCUT2D eigenvalue weighted by Crippen LogP contribution is -2.32. The van der Waals surface area contributed by atoms with E-state index < -0.39 is 0 Å². The van der Waals surface area contributed by atoms with Crippen LogP contribution in [-0.4, -0.2) is 22.8 Å². The molecule has 1 aromatic heterocycles. The van der Waals surface area contributed by atoms with Gasteiger partial charge in [0.15, 0.2) is 0 Å². The van der Waals surface area contributed by atoms with E-state index in [0.29, 0.717) is 13.2 Å². The number of nitrogens with zero attached hydrogens (tertiary/aromatic N) is 2. The molecule has 0 amide bonds. The number of ether oxygens (including phenoxy) is 1. The van der Waals surface area contributed by atoms with Crippen molar-refractivity contribution in [2.45, 2.75) is 31.2 Å². The van der Waals surface area contributed by atoms with E-state index in [-0.39, 0.29) is 16.7 Å². The van der Waals surface area contributed by atoms with Crippen molar-refractivity contribution in [1.29, 1.82) is 0 Å². The van der Waals surface area contributed by atoms with Crippen LogP contribution in [0.25, 0.3) is 11.0 Å². The Kier molecular flexibility index (Phi) is 3.02. The van der Waals surface area contributed by atoms with Crippen LogP contribution < -0.4 is 0 Å². The molecule has 0 aliphatic carbocycles. The van der Waals surface area contributed by atoms with Gasteiger partial charge in [-0.15, -0.1) is 11.6 Å². The first-order valence-electron chi connectivity index (χ1n) is 6.41. The highest BCUT2D eigenvalue weighted by molar-refractivity contribution is 6.20. The molecule has 1 aliphatic rings. The third kappa shape index (κ3) is 2.03. The van der Waals surface area contributed by atoms with E-state index in [4.69, 9.17) is 16.3 Å². The van der Waals surface area contributed by atoms with Gasteiger partial charge < -0.3 is 9.30 Å². The summed E-state index contributed by atoms with van der Waals surface area (Å²) >= 11 is 6.24. The Hall–Kier alpha value is -1.13. The predicted molar refractivity (Wildman–Crippen MR) is 73.0 cm³/mol. The second-order valence-electron chi connectivity index (χ2n) is 5.35. The summed E-state index contributed by atoms with van der Waals surface area (Å²) in [6, 6.07) is 4.65. The summed E-state index contributed by atoms with van der Waals surface area (Å²) < 4.78 is 21.1. The summed E-state index contributed by atoms with van der Waals surface area (Å²) in [6.07, 6.45) is 0.881. The molecule has 1 aliphatic heterocycles. The van der Waals surface area contributed by atoms with Gasteiger partial charge in [-0.25, -0.2) is 9.37 Å². The quantitative estimate of drug-likeness (QED) is 0.787. The number of hydrogen-bond donors (Lipinski definition) is 0. The lowest BCUT2D eigenvalue weighted by Gasteiger charge is -2.27. The zero-order valence-electron chi connectivity index (χ0n) is 11.0. The summed E-state index contributed by atoms with van der Waals surface area (Å²) in [6.45, 7) is 5.30. The molecular weight excluding hydrogens is 267 g/mol. The monoisotopic (exact) mass is 282 g/mol. The van der Waals surface area contributed by atoms with Crippen LogP contribution in [0.15, 0.2) is 18.2 Å². The van der Waals surface area contributed by atoms with Crippen molar-refractivity contribution < 1.29 is 9.13 Å². The number of benzene rings is 1. The number of imidazole rings is 1. The van der Waals surface area contributed by atoms with Crippen molar-refractivity contribution in [2.75, 3.05) is 13.2 Å². The molecule has 0 N–H and O–H groups in total. The van der Waals surface area contributed by atoms with Gasteiger partial charge in [0.05, 0.1) is 28.6 Å². The number of aromatic nitrogens is 2. The van der Waals surface area contributed by atoms with Gasteiger partial charge in [0.1, 0.15) is 11.6 Å². The molecule has 19 heavy (non-hydrogen) atoms. The summed E-state index contributed by atoms with van der Waals surface area (Å²) in [5, 5.41) is -0.229. The van der Waals surface area contributed by atoms with Crippen LogP contribution in [0.5, 0.6) is 0 Å². The van der Waals surface area contributed by atoms with Crippen molar-refractivity contribution in [3.05, 3.63) is 29.8 Å². The fourth-order valence-corrected chi connectivity index (χ4v) is 2.88. The minimum atomic E-state index is -0.259. The van der Waals surface area contributed by atoms with Gasteiger partial charge >= 0.3 is 0 Å². The van der Waals surface area contributed by atoms with Gasteiger partial charge in [-0.05, 0) is 38.5 Å². The topological polar surface area (TPSA) is 27.1 Å². The van der Waals surface area contributed by atoms with Gasteiger partial charge in [-0.3, -0.25) is 0 Å². The van der Waals surface area contributed by atoms with E-state index in [2.05, 4.69) is 16.5 Å². The molecule has 2 heterocycles. The Balaban J connectivity index is 2.29. The minimum absolute atomic E-state index is 0.207. The SMILES string of the molecule is CC(Cl)c1nc2ccc(F)cc2n1C1(C)CCOC1. The lowest BCUT2D eigenvalue weighted by molar-refractivity contribution is 0.162. The van der Waals surface area contributed by atoms with E-state index in [1.165, 1.54) is 12.1 Å². The Morgan fingerprint density at radius 1 is 1.53 bits per heavy atom. The van der Waals surface area contributed by atoms with Crippen LogP contribution in [0, 0.1) is 5.82 Å². The zero-order chi connectivity index (χ0) is 13.6. The van der Waals surface area contributed by atoms with Crippen LogP contribution in [0.4, 0.5) is 4.39 Å². The predicted octanol–water partition coefficient (Wildman–Crippen LogP) is 3.61. The van der Waals surface area contributed by atoms with Crippen LogP contribution in [-0.2, 0) is 10.3 Å². The Morgan fingerprint density at radius 3 is 2.95 bits per heavy atom. The van der Waals surface area contributed by atoms with Gasteiger partial charge in [0.2, 0.25) is 0 Å². The molecule has 0 bridgehead atoms. The van der Waals surface area contributed by atoms with Crippen molar-refractivity contribution in [3.8, 4) is 0 Å². The van der Waals surface area contributed by atoms with Crippen LogP contribution >= 0.6 is 11.6 Å². The Bertz CT molecular complexity index is 617. The fraction of sp³-hybridized carbons (Fsp3) is 0.500. The largest absolute Gasteiger partial charge is 0.379 e. The lowest BCUT2D eigenvalue weighted by atomic mass is 10.0. The molecule has 1 fully saturated rings. The fourth-order valence-electron chi connectivity index (χ4n) is 2.73. The van der Waals surface area contributed by atoms with E-state index in [1.54, 1.807) is 6.07 Å². The maximum atomic E-state index is 13.5. The number of fused-ring (bicyclic) bond motifs is 1. The average molecular weight is 283 g/mol. The minimum Gasteiger partial charge on any atom is -0.379 e. The van der Waals surface area contributed by atoms with Gasteiger partial charge in [0.25, 0.3) is 0 Å². The molecule has 1 aromatic carbocycles. The highest BCUT2D eigenvalue weighted by atomic mass is 35.5. The Labute approximate surface area is 116 Å². The average Bonchev–Trinajstić information content (AvgIpc) is 2.93. The zero-order valence-corrected chi connectivity index (χ0v) is 11.7. The number of halogens is 2. The smallest absolute Gasteiger partial charge is 0.128 e. The third-order valence-corrected chi connectivity index (χ3v) is 3.93.